The van der Waals surface area contributed by atoms with E-state index in [1.165, 1.54) is 16.7 Å². The summed E-state index contributed by atoms with van der Waals surface area (Å²) in [7, 11) is 1.79. The number of guanidine groups is 1. The van der Waals surface area contributed by atoms with Crippen LogP contribution in [-0.4, -0.2) is 30.7 Å². The minimum Gasteiger partial charge on any atom is -0.356 e. The molecule has 0 aliphatic carbocycles. The van der Waals surface area contributed by atoms with Crippen molar-refractivity contribution in [1.82, 2.24) is 15.2 Å². The largest absolute Gasteiger partial charge is 0.356 e. The van der Waals surface area contributed by atoms with Gasteiger partial charge in [-0.25, -0.2) is 0 Å². The molecular formula is C21H31IN4O. The normalized spacial score (nSPS) is 11.0. The smallest absolute Gasteiger partial charge is 0.250 e. The van der Waals surface area contributed by atoms with Gasteiger partial charge in [0.25, 0.3) is 0 Å². The lowest BCUT2D eigenvalue weighted by Crippen LogP contribution is -2.38. The number of nitrogens with zero attached hydrogens (tertiary/aromatic N) is 2. The Bertz CT molecular complexity index is 765. The second-order valence-electron chi connectivity index (χ2n) is 6.61. The van der Waals surface area contributed by atoms with Gasteiger partial charge in [0.15, 0.2) is 5.96 Å². The molecule has 0 aliphatic rings. The first kappa shape index (κ1) is 23.2. The molecule has 2 N–H and O–H groups in total. The van der Waals surface area contributed by atoms with Gasteiger partial charge in [-0.05, 0) is 44.7 Å². The standard InChI is InChI=1S/C21H30N4O.HI/c1-17-14-18(2)16-19(15-17)9-11-24-21(22-3)23-10-5-7-13-25-12-6-4-8-20(25)26;/h4,6,8,12,14-16H,5,7,9-11,13H2,1-3H3,(H2,22,23,24);1H. The first-order chi connectivity index (χ1) is 12.6. The summed E-state index contributed by atoms with van der Waals surface area (Å²) in [6.07, 6.45) is 4.75. The van der Waals surface area contributed by atoms with E-state index >= 15 is 0 Å². The number of pyridine rings is 1. The zero-order valence-electron chi connectivity index (χ0n) is 16.5. The average Bonchev–Trinajstić information content (AvgIpc) is 2.60. The number of nitrogens with one attached hydrogen (secondary N) is 2. The van der Waals surface area contributed by atoms with Crippen molar-refractivity contribution in [2.24, 2.45) is 4.99 Å². The Hall–Kier alpha value is -1.83. The van der Waals surface area contributed by atoms with Gasteiger partial charge in [0.05, 0.1) is 0 Å². The first-order valence-electron chi connectivity index (χ1n) is 9.25. The number of rotatable bonds is 8. The Morgan fingerprint density at radius 2 is 1.74 bits per heavy atom. The number of hydrogen-bond donors (Lipinski definition) is 2. The van der Waals surface area contributed by atoms with E-state index in [9.17, 15) is 4.79 Å². The third kappa shape index (κ3) is 8.60. The summed E-state index contributed by atoms with van der Waals surface area (Å²) in [5.74, 6) is 0.825. The SMILES string of the molecule is CN=C(NCCCCn1ccccc1=O)NCCc1cc(C)cc(C)c1.I. The van der Waals surface area contributed by atoms with Crippen LogP contribution in [0.1, 0.15) is 29.5 Å². The summed E-state index contributed by atoms with van der Waals surface area (Å²) in [6, 6.07) is 11.9. The van der Waals surface area contributed by atoms with Crippen LogP contribution in [0.3, 0.4) is 0 Å². The highest BCUT2D eigenvalue weighted by Crippen LogP contribution is 2.08. The van der Waals surface area contributed by atoms with Crippen LogP contribution in [0.25, 0.3) is 0 Å². The van der Waals surface area contributed by atoms with E-state index in [2.05, 4.69) is 47.7 Å². The lowest BCUT2D eigenvalue weighted by Gasteiger charge is -2.12. The molecule has 0 saturated carbocycles. The highest BCUT2D eigenvalue weighted by molar-refractivity contribution is 14.0. The molecular weight excluding hydrogens is 451 g/mol. The molecule has 0 aliphatic heterocycles. The van der Waals surface area contributed by atoms with Crippen LogP contribution in [0.2, 0.25) is 0 Å². The molecule has 0 saturated heterocycles. The van der Waals surface area contributed by atoms with Crippen molar-refractivity contribution < 1.29 is 0 Å². The van der Waals surface area contributed by atoms with E-state index < -0.39 is 0 Å². The summed E-state index contributed by atoms with van der Waals surface area (Å²) in [4.78, 5) is 15.9. The van der Waals surface area contributed by atoms with E-state index in [1.54, 1.807) is 23.7 Å². The van der Waals surface area contributed by atoms with Crippen molar-refractivity contribution in [3.8, 4) is 0 Å². The maximum Gasteiger partial charge on any atom is 0.250 e. The molecule has 1 aromatic heterocycles. The quantitative estimate of drug-likeness (QED) is 0.263. The van der Waals surface area contributed by atoms with Crippen LogP contribution in [0.4, 0.5) is 0 Å². The van der Waals surface area contributed by atoms with E-state index in [0.717, 1.165) is 44.9 Å². The Labute approximate surface area is 179 Å². The fourth-order valence-corrected chi connectivity index (χ4v) is 3.02. The van der Waals surface area contributed by atoms with Crippen LogP contribution < -0.4 is 16.2 Å². The summed E-state index contributed by atoms with van der Waals surface area (Å²) >= 11 is 0. The third-order valence-electron chi connectivity index (χ3n) is 4.23. The van der Waals surface area contributed by atoms with Gasteiger partial charge >= 0.3 is 0 Å². The summed E-state index contributed by atoms with van der Waals surface area (Å²) in [5.41, 5.74) is 4.02. The monoisotopic (exact) mass is 482 g/mol. The lowest BCUT2D eigenvalue weighted by molar-refractivity contribution is 0.585. The first-order valence-corrected chi connectivity index (χ1v) is 9.25. The molecule has 6 heteroatoms. The Balaban J connectivity index is 0.00000364. The topological polar surface area (TPSA) is 58.4 Å². The highest BCUT2D eigenvalue weighted by Gasteiger charge is 2.00. The third-order valence-corrected chi connectivity index (χ3v) is 4.23. The van der Waals surface area contributed by atoms with E-state index in [0.29, 0.717) is 0 Å². The van der Waals surface area contributed by atoms with Gasteiger partial charge in [-0.1, -0.05) is 35.4 Å². The fraction of sp³-hybridized carbons (Fsp3) is 0.429. The number of unbranched alkanes of at least 4 members (excludes halogenated alkanes) is 1. The number of benzene rings is 1. The van der Waals surface area contributed by atoms with Gasteiger partial charge in [0.1, 0.15) is 0 Å². The predicted octanol–water partition coefficient (Wildman–Crippen LogP) is 3.27. The van der Waals surface area contributed by atoms with Crippen molar-refractivity contribution >= 4 is 29.9 Å². The molecule has 0 bridgehead atoms. The number of hydrogen-bond acceptors (Lipinski definition) is 2. The molecule has 0 spiro atoms. The van der Waals surface area contributed by atoms with Crippen molar-refractivity contribution in [2.45, 2.75) is 39.7 Å². The predicted molar refractivity (Wildman–Crippen MR) is 124 cm³/mol. The minimum absolute atomic E-state index is 0. The van der Waals surface area contributed by atoms with Crippen molar-refractivity contribution in [1.29, 1.82) is 0 Å². The van der Waals surface area contributed by atoms with E-state index in [4.69, 9.17) is 0 Å². The molecule has 2 aromatic rings. The molecule has 0 unspecified atom stereocenters. The van der Waals surface area contributed by atoms with Gasteiger partial charge < -0.3 is 15.2 Å². The average molecular weight is 482 g/mol. The second-order valence-corrected chi connectivity index (χ2v) is 6.61. The molecule has 0 amide bonds. The summed E-state index contributed by atoms with van der Waals surface area (Å²) in [6.45, 7) is 6.70. The molecule has 0 radical (unpaired) electrons. The number of aliphatic imine (C=N–C) groups is 1. The van der Waals surface area contributed by atoms with Gasteiger partial charge in [0, 0.05) is 38.9 Å². The number of halogens is 1. The molecule has 1 heterocycles. The maximum absolute atomic E-state index is 11.6. The molecule has 5 nitrogen and oxygen atoms in total. The summed E-state index contributed by atoms with van der Waals surface area (Å²) in [5, 5.41) is 6.69. The van der Waals surface area contributed by atoms with Gasteiger partial charge in [0.2, 0.25) is 5.56 Å². The second kappa shape index (κ2) is 12.5. The molecule has 2 rings (SSSR count). The zero-order valence-corrected chi connectivity index (χ0v) is 18.8. The molecule has 0 fully saturated rings. The van der Waals surface area contributed by atoms with Gasteiger partial charge in [-0.3, -0.25) is 9.79 Å². The van der Waals surface area contributed by atoms with Crippen LogP contribution in [-0.2, 0) is 13.0 Å². The van der Waals surface area contributed by atoms with Gasteiger partial charge in [-0.15, -0.1) is 24.0 Å². The zero-order chi connectivity index (χ0) is 18.8. The number of aryl methyl sites for hydroxylation is 3. The van der Waals surface area contributed by atoms with E-state index in [1.807, 2.05) is 12.3 Å². The van der Waals surface area contributed by atoms with Crippen LogP contribution in [0.15, 0.2) is 52.4 Å². The maximum atomic E-state index is 11.6. The minimum atomic E-state index is 0. The van der Waals surface area contributed by atoms with E-state index in [-0.39, 0.29) is 29.5 Å². The van der Waals surface area contributed by atoms with Crippen molar-refractivity contribution in [3.05, 3.63) is 69.6 Å². The van der Waals surface area contributed by atoms with Gasteiger partial charge in [-0.2, -0.15) is 0 Å². The lowest BCUT2D eigenvalue weighted by atomic mass is 10.1. The molecule has 148 valence electrons. The Morgan fingerprint density at radius 1 is 1.04 bits per heavy atom. The fourth-order valence-electron chi connectivity index (χ4n) is 3.02. The highest BCUT2D eigenvalue weighted by atomic mass is 127. The molecule has 27 heavy (non-hydrogen) atoms. The molecule has 1 aromatic carbocycles. The molecule has 0 atom stereocenters. The van der Waals surface area contributed by atoms with Crippen molar-refractivity contribution in [3.63, 3.8) is 0 Å². The Kier molecular flexibility index (Phi) is 10.8. The Morgan fingerprint density at radius 3 is 2.41 bits per heavy atom. The van der Waals surface area contributed by atoms with Crippen LogP contribution >= 0.6 is 24.0 Å². The van der Waals surface area contributed by atoms with Crippen LogP contribution in [0.5, 0.6) is 0 Å². The summed E-state index contributed by atoms with van der Waals surface area (Å²) < 4.78 is 1.75. The van der Waals surface area contributed by atoms with Crippen molar-refractivity contribution in [2.75, 3.05) is 20.1 Å². The number of aromatic nitrogens is 1. The van der Waals surface area contributed by atoms with Crippen LogP contribution in [0, 0.1) is 13.8 Å².